The van der Waals surface area contributed by atoms with Crippen LogP contribution < -0.4 is 0 Å². The molecule has 22 heavy (non-hydrogen) atoms. The van der Waals surface area contributed by atoms with Crippen molar-refractivity contribution in [1.82, 2.24) is 4.90 Å². The lowest BCUT2D eigenvalue weighted by molar-refractivity contribution is -0.146. The molecule has 3 heteroatoms. The van der Waals surface area contributed by atoms with Crippen molar-refractivity contribution in [2.45, 2.75) is 31.5 Å². The number of nitrogens with zero attached hydrogens (tertiary/aromatic N) is 1. The van der Waals surface area contributed by atoms with E-state index in [4.69, 9.17) is 0 Å². The van der Waals surface area contributed by atoms with Gasteiger partial charge in [0.15, 0.2) is 5.78 Å². The van der Waals surface area contributed by atoms with Crippen molar-refractivity contribution in [2.24, 2.45) is 0 Å². The van der Waals surface area contributed by atoms with Crippen LogP contribution in [-0.4, -0.2) is 27.9 Å². The van der Waals surface area contributed by atoms with Crippen molar-refractivity contribution in [1.29, 1.82) is 0 Å². The molecule has 1 heterocycles. The van der Waals surface area contributed by atoms with E-state index in [0.29, 0.717) is 13.0 Å². The van der Waals surface area contributed by atoms with Gasteiger partial charge in [0.25, 0.3) is 0 Å². The van der Waals surface area contributed by atoms with Gasteiger partial charge in [0.2, 0.25) is 0 Å². The van der Waals surface area contributed by atoms with Crippen LogP contribution in [0.15, 0.2) is 60.7 Å². The summed E-state index contributed by atoms with van der Waals surface area (Å²) >= 11 is 0. The van der Waals surface area contributed by atoms with Gasteiger partial charge in [0.05, 0.1) is 0 Å². The Morgan fingerprint density at radius 2 is 1.68 bits per heavy atom. The minimum atomic E-state index is -1.26. The van der Waals surface area contributed by atoms with Crippen LogP contribution in [0.5, 0.6) is 0 Å². The Morgan fingerprint density at radius 3 is 2.32 bits per heavy atom. The van der Waals surface area contributed by atoms with Gasteiger partial charge in [0.1, 0.15) is 5.60 Å². The molecule has 0 aliphatic carbocycles. The molecule has 0 saturated carbocycles. The maximum atomic E-state index is 12.2. The van der Waals surface area contributed by atoms with Crippen molar-refractivity contribution in [3.05, 3.63) is 71.8 Å². The molecule has 0 spiro atoms. The molecular formula is C19H21NO2. The summed E-state index contributed by atoms with van der Waals surface area (Å²) in [7, 11) is 0. The fraction of sp³-hybridized carbons (Fsp3) is 0.316. The zero-order chi connectivity index (χ0) is 15.6. The minimum Gasteiger partial charge on any atom is -0.381 e. The number of hydrogen-bond donors (Lipinski definition) is 1. The lowest BCUT2D eigenvalue weighted by Gasteiger charge is -2.42. The molecule has 2 aromatic carbocycles. The van der Waals surface area contributed by atoms with Gasteiger partial charge in [-0.2, -0.15) is 0 Å². The van der Waals surface area contributed by atoms with E-state index in [2.05, 4.69) is 29.2 Å². The molecule has 1 N–H and O–H groups in total. The molecule has 3 rings (SSSR count). The maximum Gasteiger partial charge on any atom is 0.167 e. The molecule has 0 aromatic heterocycles. The number of aliphatic hydroxyl groups is 1. The first-order chi connectivity index (χ1) is 10.6. The molecule has 0 radical (unpaired) electrons. The quantitative estimate of drug-likeness (QED) is 0.946. The maximum absolute atomic E-state index is 12.2. The van der Waals surface area contributed by atoms with Crippen LogP contribution in [-0.2, 0) is 11.3 Å². The molecule has 1 fully saturated rings. The van der Waals surface area contributed by atoms with Gasteiger partial charge in [-0.25, -0.2) is 0 Å². The van der Waals surface area contributed by atoms with Crippen LogP contribution in [0.3, 0.4) is 0 Å². The average molecular weight is 295 g/mol. The zero-order valence-electron chi connectivity index (χ0n) is 12.8. The first-order valence-electron chi connectivity index (χ1n) is 7.65. The zero-order valence-corrected chi connectivity index (χ0v) is 12.8. The average Bonchev–Trinajstić information content (AvgIpc) is 2.52. The third-order valence-corrected chi connectivity index (χ3v) is 4.34. The largest absolute Gasteiger partial charge is 0.381 e. The first-order valence-corrected chi connectivity index (χ1v) is 7.65. The van der Waals surface area contributed by atoms with E-state index in [1.807, 2.05) is 36.4 Å². The van der Waals surface area contributed by atoms with Crippen molar-refractivity contribution >= 4 is 5.78 Å². The number of β-amino-alcohol motifs (C(OH)–C–C–N with tert-alkyl or cyclic N) is 1. The Balaban J connectivity index is 1.89. The van der Waals surface area contributed by atoms with Gasteiger partial charge in [-0.1, -0.05) is 60.7 Å². The standard InChI is InChI=1S/C19H21NO2/c1-19(22)14-20(13-15-8-4-2-5-9-15)17(12-18(19)21)16-10-6-3-7-11-16/h2-11,17,22H,12-14H2,1H3/t17-,19-/m0/s1. The minimum absolute atomic E-state index is 0.0223. The molecule has 2 aromatic rings. The highest BCUT2D eigenvalue weighted by Crippen LogP contribution is 2.34. The summed E-state index contributed by atoms with van der Waals surface area (Å²) in [5, 5.41) is 10.4. The van der Waals surface area contributed by atoms with Gasteiger partial charge in [0, 0.05) is 25.6 Å². The highest BCUT2D eigenvalue weighted by atomic mass is 16.3. The second kappa shape index (κ2) is 6.03. The number of benzene rings is 2. The first kappa shape index (κ1) is 14.9. The lowest BCUT2D eigenvalue weighted by atomic mass is 9.85. The number of hydrogen-bond acceptors (Lipinski definition) is 3. The molecule has 0 amide bonds. The molecule has 2 atom stereocenters. The summed E-state index contributed by atoms with van der Waals surface area (Å²) in [5.41, 5.74) is 1.05. The summed E-state index contributed by atoms with van der Waals surface area (Å²) in [6.45, 7) is 2.71. The molecule has 0 bridgehead atoms. The number of carbonyl (C=O) groups excluding carboxylic acids is 1. The Hall–Kier alpha value is -1.97. The van der Waals surface area contributed by atoms with Crippen LogP contribution in [0.1, 0.15) is 30.5 Å². The fourth-order valence-corrected chi connectivity index (χ4v) is 3.11. The van der Waals surface area contributed by atoms with Crippen molar-refractivity contribution < 1.29 is 9.90 Å². The Labute approximate surface area is 131 Å². The van der Waals surface area contributed by atoms with E-state index in [9.17, 15) is 9.90 Å². The monoisotopic (exact) mass is 295 g/mol. The number of Topliss-reactive ketones (excluding diaryl/α,β-unsaturated/α-hetero) is 1. The van der Waals surface area contributed by atoms with E-state index < -0.39 is 5.60 Å². The van der Waals surface area contributed by atoms with E-state index in [1.54, 1.807) is 6.92 Å². The summed E-state index contributed by atoms with van der Waals surface area (Å²) in [6, 6.07) is 20.3. The van der Waals surface area contributed by atoms with Gasteiger partial charge in [-0.05, 0) is 18.1 Å². The highest BCUT2D eigenvalue weighted by molar-refractivity contribution is 5.88. The van der Waals surface area contributed by atoms with E-state index >= 15 is 0 Å². The Bertz CT molecular complexity index is 637. The number of carbonyl (C=O) groups is 1. The Kier molecular flexibility index (Phi) is 4.10. The summed E-state index contributed by atoms with van der Waals surface area (Å²) in [4.78, 5) is 14.4. The lowest BCUT2D eigenvalue weighted by Crippen LogP contribution is -2.53. The SMILES string of the molecule is C[C@]1(O)CN(Cc2ccccc2)[C@H](c2ccccc2)CC1=O. The molecular weight excluding hydrogens is 274 g/mol. The molecule has 3 nitrogen and oxygen atoms in total. The summed E-state index contributed by atoms with van der Waals surface area (Å²) in [6.07, 6.45) is 0.351. The van der Waals surface area contributed by atoms with Crippen molar-refractivity contribution in [3.8, 4) is 0 Å². The third kappa shape index (κ3) is 3.11. The van der Waals surface area contributed by atoms with Crippen LogP contribution >= 0.6 is 0 Å². The topological polar surface area (TPSA) is 40.5 Å². The smallest absolute Gasteiger partial charge is 0.167 e. The fourth-order valence-electron chi connectivity index (χ4n) is 3.11. The van der Waals surface area contributed by atoms with Gasteiger partial charge >= 0.3 is 0 Å². The van der Waals surface area contributed by atoms with Gasteiger partial charge in [-0.3, -0.25) is 9.69 Å². The van der Waals surface area contributed by atoms with E-state index in [-0.39, 0.29) is 11.8 Å². The van der Waals surface area contributed by atoms with Crippen molar-refractivity contribution in [3.63, 3.8) is 0 Å². The number of ketones is 1. The van der Waals surface area contributed by atoms with E-state index in [0.717, 1.165) is 12.1 Å². The van der Waals surface area contributed by atoms with Crippen LogP contribution in [0, 0.1) is 0 Å². The van der Waals surface area contributed by atoms with Crippen molar-refractivity contribution in [2.75, 3.05) is 6.54 Å². The van der Waals surface area contributed by atoms with Crippen LogP contribution in [0.2, 0.25) is 0 Å². The predicted octanol–water partition coefficient (Wildman–Crippen LogP) is 2.95. The van der Waals surface area contributed by atoms with Crippen LogP contribution in [0.4, 0.5) is 0 Å². The predicted molar refractivity (Wildman–Crippen MR) is 86.3 cm³/mol. The Morgan fingerprint density at radius 1 is 1.09 bits per heavy atom. The second-order valence-corrected chi connectivity index (χ2v) is 6.22. The van der Waals surface area contributed by atoms with E-state index in [1.165, 1.54) is 5.56 Å². The molecule has 114 valence electrons. The number of rotatable bonds is 3. The molecule has 0 unspecified atom stereocenters. The third-order valence-electron chi connectivity index (χ3n) is 4.34. The highest BCUT2D eigenvalue weighted by Gasteiger charge is 2.41. The normalized spacial score (nSPS) is 26.1. The van der Waals surface area contributed by atoms with Gasteiger partial charge < -0.3 is 5.11 Å². The molecule has 1 saturated heterocycles. The number of likely N-dealkylation sites (tertiary alicyclic amines) is 1. The summed E-state index contributed by atoms with van der Waals surface area (Å²) < 4.78 is 0. The van der Waals surface area contributed by atoms with Crippen LogP contribution in [0.25, 0.3) is 0 Å². The van der Waals surface area contributed by atoms with Gasteiger partial charge in [-0.15, -0.1) is 0 Å². The second-order valence-electron chi connectivity index (χ2n) is 6.22. The molecule has 1 aliphatic heterocycles. The number of piperidine rings is 1. The summed E-state index contributed by atoms with van der Waals surface area (Å²) in [5.74, 6) is -0.0781. The molecule has 1 aliphatic rings.